The van der Waals surface area contributed by atoms with Crippen LogP contribution < -0.4 is 10.6 Å². The number of halogens is 1. The standard InChI is InChI=1S/C22H19N5O.ClH/c1-15(28)24-18-7-8-19-20(14-18)22(25-17-5-3-2-4-6-17)27-26-21(19)13-16-9-11-23-12-10-16;/h2-12,14H,13H2,1H3,(H,24,28)(H,25,27);1H. The second-order valence-electron chi connectivity index (χ2n) is 6.46. The number of hydrogen-bond acceptors (Lipinski definition) is 5. The normalized spacial score (nSPS) is 10.2. The molecule has 0 spiro atoms. The van der Waals surface area contributed by atoms with Crippen molar-refractivity contribution < 1.29 is 4.79 Å². The zero-order chi connectivity index (χ0) is 19.3. The van der Waals surface area contributed by atoms with Gasteiger partial charge in [-0.05, 0) is 42.0 Å². The predicted octanol–water partition coefficient (Wildman–Crippen LogP) is 4.74. The molecule has 2 aromatic carbocycles. The number of carbonyl (C=O) groups excluding carboxylic acids is 1. The zero-order valence-corrected chi connectivity index (χ0v) is 16.6. The Morgan fingerprint density at radius 1 is 0.897 bits per heavy atom. The van der Waals surface area contributed by atoms with Crippen LogP contribution >= 0.6 is 12.4 Å². The molecule has 4 rings (SSSR count). The monoisotopic (exact) mass is 405 g/mol. The molecule has 7 heteroatoms. The van der Waals surface area contributed by atoms with Crippen molar-refractivity contribution in [1.82, 2.24) is 15.2 Å². The van der Waals surface area contributed by atoms with Gasteiger partial charge >= 0.3 is 0 Å². The Bertz CT molecular complexity index is 1120. The van der Waals surface area contributed by atoms with Crippen LogP contribution in [0.2, 0.25) is 0 Å². The van der Waals surface area contributed by atoms with Gasteiger partial charge in [0.25, 0.3) is 0 Å². The first kappa shape index (κ1) is 20.2. The van der Waals surface area contributed by atoms with E-state index in [9.17, 15) is 4.79 Å². The lowest BCUT2D eigenvalue weighted by Gasteiger charge is -2.13. The van der Waals surface area contributed by atoms with Crippen LogP contribution in [-0.2, 0) is 11.2 Å². The third kappa shape index (κ3) is 4.86. The molecule has 1 amide bonds. The summed E-state index contributed by atoms with van der Waals surface area (Å²) in [6.45, 7) is 1.49. The molecule has 0 unspecified atom stereocenters. The van der Waals surface area contributed by atoms with Gasteiger partial charge in [0.05, 0.1) is 5.69 Å². The van der Waals surface area contributed by atoms with E-state index in [4.69, 9.17) is 0 Å². The van der Waals surface area contributed by atoms with E-state index in [1.54, 1.807) is 12.4 Å². The number of amides is 1. The fourth-order valence-electron chi connectivity index (χ4n) is 3.07. The lowest BCUT2D eigenvalue weighted by Crippen LogP contribution is -2.07. The minimum absolute atomic E-state index is 0. The molecule has 0 aliphatic rings. The van der Waals surface area contributed by atoms with E-state index in [1.165, 1.54) is 6.92 Å². The van der Waals surface area contributed by atoms with Crippen LogP contribution in [0.15, 0.2) is 73.1 Å². The molecule has 0 bridgehead atoms. The van der Waals surface area contributed by atoms with E-state index in [1.807, 2.05) is 60.7 Å². The summed E-state index contributed by atoms with van der Waals surface area (Å²) in [5.41, 5.74) is 3.62. The van der Waals surface area contributed by atoms with E-state index in [-0.39, 0.29) is 18.3 Å². The van der Waals surface area contributed by atoms with Crippen molar-refractivity contribution in [2.75, 3.05) is 10.6 Å². The quantitative estimate of drug-likeness (QED) is 0.501. The molecule has 0 saturated heterocycles. The maximum absolute atomic E-state index is 11.5. The van der Waals surface area contributed by atoms with Crippen LogP contribution in [0.25, 0.3) is 10.8 Å². The molecule has 146 valence electrons. The number of pyridine rings is 1. The van der Waals surface area contributed by atoms with Gasteiger partial charge in [-0.1, -0.05) is 24.3 Å². The van der Waals surface area contributed by atoms with E-state index >= 15 is 0 Å². The van der Waals surface area contributed by atoms with Crippen LogP contribution in [0.5, 0.6) is 0 Å². The SMILES string of the molecule is CC(=O)Nc1ccc2c(Cc3ccncc3)nnc(Nc3ccccc3)c2c1.Cl. The Morgan fingerprint density at radius 2 is 1.66 bits per heavy atom. The lowest BCUT2D eigenvalue weighted by atomic mass is 10.0. The minimum atomic E-state index is -0.115. The van der Waals surface area contributed by atoms with Crippen LogP contribution in [0, 0.1) is 0 Å². The lowest BCUT2D eigenvalue weighted by molar-refractivity contribution is -0.114. The Balaban J connectivity index is 0.00000240. The van der Waals surface area contributed by atoms with Crippen molar-refractivity contribution in [3.8, 4) is 0 Å². The molecule has 0 fully saturated rings. The van der Waals surface area contributed by atoms with Crippen molar-refractivity contribution in [1.29, 1.82) is 0 Å². The van der Waals surface area contributed by atoms with Crippen LogP contribution in [0.3, 0.4) is 0 Å². The first-order valence-corrected chi connectivity index (χ1v) is 8.97. The van der Waals surface area contributed by atoms with Crippen molar-refractivity contribution in [3.05, 3.63) is 84.3 Å². The highest BCUT2D eigenvalue weighted by molar-refractivity contribution is 5.99. The molecular weight excluding hydrogens is 386 g/mol. The fourth-order valence-corrected chi connectivity index (χ4v) is 3.07. The van der Waals surface area contributed by atoms with Gasteiger partial charge in [-0.25, -0.2) is 0 Å². The van der Waals surface area contributed by atoms with Gasteiger partial charge < -0.3 is 10.6 Å². The Labute approximate surface area is 174 Å². The van der Waals surface area contributed by atoms with Gasteiger partial charge in [0.15, 0.2) is 5.82 Å². The van der Waals surface area contributed by atoms with Gasteiger partial charge in [0, 0.05) is 47.9 Å². The van der Waals surface area contributed by atoms with Crippen molar-refractivity contribution in [2.24, 2.45) is 0 Å². The van der Waals surface area contributed by atoms with Crippen molar-refractivity contribution >= 4 is 46.3 Å². The summed E-state index contributed by atoms with van der Waals surface area (Å²) in [4.78, 5) is 15.5. The number of nitrogens with zero attached hydrogens (tertiary/aromatic N) is 3. The minimum Gasteiger partial charge on any atom is -0.338 e. The van der Waals surface area contributed by atoms with Crippen LogP contribution in [0.1, 0.15) is 18.2 Å². The van der Waals surface area contributed by atoms with E-state index in [0.29, 0.717) is 12.2 Å². The van der Waals surface area contributed by atoms with Crippen molar-refractivity contribution in [2.45, 2.75) is 13.3 Å². The van der Waals surface area contributed by atoms with Gasteiger partial charge in [-0.2, -0.15) is 5.10 Å². The highest BCUT2D eigenvalue weighted by Crippen LogP contribution is 2.29. The number of benzene rings is 2. The molecule has 0 saturated carbocycles. The Kier molecular flexibility index (Phi) is 6.36. The van der Waals surface area contributed by atoms with E-state index in [0.717, 1.165) is 33.4 Å². The molecule has 2 aromatic heterocycles. The molecule has 2 N–H and O–H groups in total. The molecule has 29 heavy (non-hydrogen) atoms. The Morgan fingerprint density at radius 3 is 2.38 bits per heavy atom. The third-order valence-electron chi connectivity index (χ3n) is 4.33. The smallest absolute Gasteiger partial charge is 0.221 e. The molecule has 4 aromatic rings. The number of anilines is 3. The van der Waals surface area contributed by atoms with Crippen LogP contribution in [-0.4, -0.2) is 21.1 Å². The van der Waals surface area contributed by atoms with Gasteiger partial charge in [0.2, 0.25) is 5.91 Å². The molecule has 0 radical (unpaired) electrons. The Hall–Kier alpha value is -3.51. The molecular formula is C22H20ClN5O. The summed E-state index contributed by atoms with van der Waals surface area (Å²) in [6, 6.07) is 19.5. The van der Waals surface area contributed by atoms with Gasteiger partial charge in [0.1, 0.15) is 0 Å². The van der Waals surface area contributed by atoms with E-state index in [2.05, 4.69) is 25.8 Å². The van der Waals surface area contributed by atoms with Gasteiger partial charge in [-0.3, -0.25) is 9.78 Å². The summed E-state index contributed by atoms with van der Waals surface area (Å²) >= 11 is 0. The fraction of sp³-hybridized carbons (Fsp3) is 0.0909. The molecule has 0 aliphatic carbocycles. The first-order chi connectivity index (χ1) is 13.7. The van der Waals surface area contributed by atoms with Crippen LogP contribution in [0.4, 0.5) is 17.2 Å². The molecule has 6 nitrogen and oxygen atoms in total. The summed E-state index contributed by atoms with van der Waals surface area (Å²) in [7, 11) is 0. The summed E-state index contributed by atoms with van der Waals surface area (Å²) in [5.74, 6) is 0.530. The first-order valence-electron chi connectivity index (χ1n) is 8.97. The number of hydrogen-bond donors (Lipinski definition) is 2. The number of nitrogens with one attached hydrogen (secondary N) is 2. The predicted molar refractivity (Wildman–Crippen MR) is 118 cm³/mol. The summed E-state index contributed by atoms with van der Waals surface area (Å²) in [5, 5.41) is 16.9. The largest absolute Gasteiger partial charge is 0.338 e. The number of carbonyl (C=O) groups is 1. The number of rotatable bonds is 5. The average molecular weight is 406 g/mol. The number of fused-ring (bicyclic) bond motifs is 1. The highest BCUT2D eigenvalue weighted by Gasteiger charge is 2.12. The van der Waals surface area contributed by atoms with Crippen molar-refractivity contribution in [3.63, 3.8) is 0 Å². The summed E-state index contributed by atoms with van der Waals surface area (Å²) in [6.07, 6.45) is 4.19. The second-order valence-corrected chi connectivity index (χ2v) is 6.46. The number of aromatic nitrogens is 3. The highest BCUT2D eigenvalue weighted by atomic mass is 35.5. The molecule has 0 aliphatic heterocycles. The van der Waals surface area contributed by atoms with Gasteiger partial charge in [-0.15, -0.1) is 17.5 Å². The molecule has 2 heterocycles. The maximum atomic E-state index is 11.5. The number of para-hydroxylation sites is 1. The topological polar surface area (TPSA) is 79.8 Å². The summed E-state index contributed by atoms with van der Waals surface area (Å²) < 4.78 is 0. The molecule has 0 atom stereocenters. The third-order valence-corrected chi connectivity index (χ3v) is 4.33. The zero-order valence-electron chi connectivity index (χ0n) is 15.8. The average Bonchev–Trinajstić information content (AvgIpc) is 2.71. The maximum Gasteiger partial charge on any atom is 0.221 e. The van der Waals surface area contributed by atoms with E-state index < -0.39 is 0 Å². The second kappa shape index (κ2) is 9.12.